The number of aryl methyl sites for hydroxylation is 1. The Morgan fingerprint density at radius 1 is 1.57 bits per heavy atom. The molecule has 0 unspecified atom stereocenters. The highest BCUT2D eigenvalue weighted by Gasteiger charge is 2.08. The molecule has 0 aliphatic carbocycles. The number of carbonyl (C=O) groups excluding carboxylic acids is 1. The number of hydrogen-bond acceptors (Lipinski definition) is 4. The third-order valence-corrected chi connectivity index (χ3v) is 3.62. The van der Waals surface area contributed by atoms with Crippen LogP contribution in [-0.2, 0) is 16.4 Å². The number of carbonyl (C=O) groups is 1. The molecule has 0 saturated heterocycles. The van der Waals surface area contributed by atoms with E-state index in [0.29, 0.717) is 6.29 Å². The van der Waals surface area contributed by atoms with Gasteiger partial charge in [-0.15, -0.1) is 0 Å². The maximum atomic E-state index is 11.2. The van der Waals surface area contributed by atoms with Crippen molar-refractivity contribution in [2.24, 2.45) is 0 Å². The van der Waals surface area contributed by atoms with Crippen LogP contribution in [0.2, 0.25) is 0 Å². The van der Waals surface area contributed by atoms with E-state index in [0.717, 1.165) is 0 Å². The van der Waals surface area contributed by atoms with Gasteiger partial charge in [0.05, 0.1) is 5.75 Å². The standard InChI is InChI=1S/C8H12N2O3S/c1-2-14(12,13)6-5-10-4-3-9-8(10)7-11/h3-4,7H,2,5-6H2,1H3. The molecule has 78 valence electrons. The molecule has 0 N–H and O–H groups in total. The minimum atomic E-state index is -2.99. The predicted molar refractivity (Wildman–Crippen MR) is 51.9 cm³/mol. The van der Waals surface area contributed by atoms with Gasteiger partial charge in [-0.1, -0.05) is 6.92 Å². The summed E-state index contributed by atoms with van der Waals surface area (Å²) in [5.74, 6) is 0.426. The molecular formula is C8H12N2O3S. The van der Waals surface area contributed by atoms with Gasteiger partial charge in [0.2, 0.25) is 0 Å². The summed E-state index contributed by atoms with van der Waals surface area (Å²) in [6.07, 6.45) is 3.68. The lowest BCUT2D eigenvalue weighted by atomic mass is 10.6. The van der Waals surface area contributed by atoms with Crippen LogP contribution in [-0.4, -0.2) is 35.8 Å². The Morgan fingerprint density at radius 3 is 2.86 bits per heavy atom. The van der Waals surface area contributed by atoms with Crippen LogP contribution in [0.5, 0.6) is 0 Å². The molecule has 1 heterocycles. The minimum Gasteiger partial charge on any atom is -0.328 e. The van der Waals surface area contributed by atoms with Crippen molar-refractivity contribution in [2.75, 3.05) is 11.5 Å². The average Bonchev–Trinajstić information content (AvgIpc) is 2.62. The fourth-order valence-corrected chi connectivity index (χ4v) is 1.77. The second-order valence-corrected chi connectivity index (χ2v) is 5.31. The molecule has 1 rings (SSSR count). The number of aromatic nitrogens is 2. The van der Waals surface area contributed by atoms with Gasteiger partial charge in [0.1, 0.15) is 0 Å². The molecule has 0 radical (unpaired) electrons. The van der Waals surface area contributed by atoms with E-state index in [1.807, 2.05) is 0 Å². The summed E-state index contributed by atoms with van der Waals surface area (Å²) in [5.41, 5.74) is 0. The second kappa shape index (κ2) is 4.36. The summed E-state index contributed by atoms with van der Waals surface area (Å²) in [7, 11) is -2.99. The molecule has 0 atom stereocenters. The number of aldehydes is 1. The number of imidazole rings is 1. The lowest BCUT2D eigenvalue weighted by Crippen LogP contribution is -2.15. The highest BCUT2D eigenvalue weighted by atomic mass is 32.2. The van der Waals surface area contributed by atoms with E-state index in [4.69, 9.17) is 0 Å². The van der Waals surface area contributed by atoms with Crippen LogP contribution in [0.3, 0.4) is 0 Å². The quantitative estimate of drug-likeness (QED) is 0.656. The SMILES string of the molecule is CCS(=O)(=O)CCn1ccnc1C=O. The van der Waals surface area contributed by atoms with E-state index in [9.17, 15) is 13.2 Å². The molecule has 6 heteroatoms. The summed E-state index contributed by atoms with van der Waals surface area (Å²) < 4.78 is 23.9. The Kier molecular flexibility index (Phi) is 3.40. The molecule has 0 aliphatic rings. The first-order valence-electron chi connectivity index (χ1n) is 4.26. The Morgan fingerprint density at radius 2 is 2.29 bits per heavy atom. The average molecular weight is 216 g/mol. The molecule has 14 heavy (non-hydrogen) atoms. The number of rotatable bonds is 5. The molecule has 0 aliphatic heterocycles. The van der Waals surface area contributed by atoms with Crippen LogP contribution in [0.1, 0.15) is 17.5 Å². The lowest BCUT2D eigenvalue weighted by Gasteiger charge is -2.03. The highest BCUT2D eigenvalue weighted by Crippen LogP contribution is 1.97. The van der Waals surface area contributed by atoms with E-state index in [1.54, 1.807) is 13.1 Å². The normalized spacial score (nSPS) is 11.5. The molecule has 0 fully saturated rings. The Hall–Kier alpha value is -1.17. The first-order chi connectivity index (χ1) is 6.59. The molecular weight excluding hydrogens is 204 g/mol. The lowest BCUT2D eigenvalue weighted by molar-refractivity contribution is 0.111. The molecule has 0 bridgehead atoms. The predicted octanol–water partition coefficient (Wildman–Crippen LogP) is 0.130. The fraction of sp³-hybridized carbons (Fsp3) is 0.500. The van der Waals surface area contributed by atoms with Crippen molar-refractivity contribution in [1.82, 2.24) is 9.55 Å². The van der Waals surface area contributed by atoms with Gasteiger partial charge in [0.25, 0.3) is 0 Å². The van der Waals surface area contributed by atoms with Gasteiger partial charge < -0.3 is 4.57 Å². The Labute approximate surface area is 82.7 Å². The van der Waals surface area contributed by atoms with Gasteiger partial charge in [-0.25, -0.2) is 13.4 Å². The topological polar surface area (TPSA) is 69.0 Å². The van der Waals surface area contributed by atoms with Crippen LogP contribution >= 0.6 is 0 Å². The summed E-state index contributed by atoms with van der Waals surface area (Å²) in [5, 5.41) is 0. The van der Waals surface area contributed by atoms with Crippen LogP contribution in [0.25, 0.3) is 0 Å². The van der Waals surface area contributed by atoms with Gasteiger partial charge in [-0.05, 0) is 0 Å². The summed E-state index contributed by atoms with van der Waals surface area (Å²) >= 11 is 0. The third kappa shape index (κ3) is 2.66. The number of sulfone groups is 1. The molecule has 5 nitrogen and oxygen atoms in total. The van der Waals surface area contributed by atoms with Crippen LogP contribution < -0.4 is 0 Å². The Balaban J connectivity index is 2.67. The zero-order valence-corrected chi connectivity index (χ0v) is 8.70. The molecule has 1 aromatic heterocycles. The van der Waals surface area contributed by atoms with Crippen molar-refractivity contribution in [2.45, 2.75) is 13.5 Å². The molecule has 0 spiro atoms. The van der Waals surface area contributed by atoms with Crippen molar-refractivity contribution in [3.05, 3.63) is 18.2 Å². The largest absolute Gasteiger partial charge is 0.328 e. The highest BCUT2D eigenvalue weighted by molar-refractivity contribution is 7.91. The zero-order chi connectivity index (χ0) is 10.6. The van der Waals surface area contributed by atoms with Crippen LogP contribution in [0.15, 0.2) is 12.4 Å². The maximum Gasteiger partial charge on any atom is 0.185 e. The Bertz CT molecular complexity index is 408. The third-order valence-electron chi connectivity index (χ3n) is 1.94. The summed E-state index contributed by atoms with van der Waals surface area (Å²) in [6.45, 7) is 1.88. The zero-order valence-electron chi connectivity index (χ0n) is 7.88. The van der Waals surface area contributed by atoms with Gasteiger partial charge in [-0.2, -0.15) is 0 Å². The first kappa shape index (κ1) is 10.9. The first-order valence-corrected chi connectivity index (χ1v) is 6.08. The van der Waals surface area contributed by atoms with E-state index in [2.05, 4.69) is 4.98 Å². The van der Waals surface area contributed by atoms with Crippen molar-refractivity contribution in [1.29, 1.82) is 0 Å². The van der Waals surface area contributed by atoms with Gasteiger partial charge in [-0.3, -0.25) is 4.79 Å². The van der Waals surface area contributed by atoms with Gasteiger partial charge in [0.15, 0.2) is 21.9 Å². The van der Waals surface area contributed by atoms with Crippen LogP contribution in [0, 0.1) is 0 Å². The van der Waals surface area contributed by atoms with Crippen molar-refractivity contribution in [3.63, 3.8) is 0 Å². The van der Waals surface area contributed by atoms with E-state index in [-0.39, 0.29) is 23.9 Å². The minimum absolute atomic E-state index is 0.0424. The molecule has 0 saturated carbocycles. The van der Waals surface area contributed by atoms with Crippen molar-refractivity contribution < 1.29 is 13.2 Å². The number of hydrogen-bond donors (Lipinski definition) is 0. The fourth-order valence-electron chi connectivity index (χ4n) is 1.01. The van der Waals surface area contributed by atoms with Crippen molar-refractivity contribution >= 4 is 16.1 Å². The molecule has 1 aromatic rings. The van der Waals surface area contributed by atoms with E-state index < -0.39 is 9.84 Å². The summed E-state index contributed by atoms with van der Waals surface area (Å²) in [6, 6.07) is 0. The second-order valence-electron chi connectivity index (χ2n) is 2.83. The summed E-state index contributed by atoms with van der Waals surface area (Å²) in [4.78, 5) is 14.2. The number of nitrogens with zero attached hydrogens (tertiary/aromatic N) is 2. The van der Waals surface area contributed by atoms with E-state index in [1.165, 1.54) is 10.8 Å². The van der Waals surface area contributed by atoms with Crippen molar-refractivity contribution in [3.8, 4) is 0 Å². The van der Waals surface area contributed by atoms with Crippen LogP contribution in [0.4, 0.5) is 0 Å². The molecule has 0 amide bonds. The monoisotopic (exact) mass is 216 g/mol. The van der Waals surface area contributed by atoms with Gasteiger partial charge in [0, 0.05) is 24.7 Å². The smallest absolute Gasteiger partial charge is 0.185 e. The van der Waals surface area contributed by atoms with E-state index >= 15 is 0 Å². The van der Waals surface area contributed by atoms with Gasteiger partial charge >= 0.3 is 0 Å². The maximum absolute atomic E-state index is 11.2. The molecule has 0 aromatic carbocycles.